The van der Waals surface area contributed by atoms with E-state index in [-0.39, 0.29) is 55.9 Å². The predicted octanol–water partition coefficient (Wildman–Crippen LogP) is 6.95. The molecule has 5 N–H and O–H groups in total. The van der Waals surface area contributed by atoms with Crippen LogP contribution in [0.1, 0.15) is 43.9 Å². The SMILES string of the molecule is O=C(O)CCCl.O=C(O)CCSc1cc(F)ccc1C(=O)O.O=C(O)c1ccc(F)cc1SSc1cc(F)ccc1C(=O)O. The lowest BCUT2D eigenvalue weighted by atomic mass is 10.2. The van der Waals surface area contributed by atoms with Gasteiger partial charge in [0.05, 0.1) is 29.5 Å². The largest absolute Gasteiger partial charge is 0.481 e. The van der Waals surface area contributed by atoms with Gasteiger partial charge in [0, 0.05) is 26.3 Å². The molecule has 17 heteroatoms. The van der Waals surface area contributed by atoms with Crippen molar-refractivity contribution in [2.45, 2.75) is 27.5 Å². The summed E-state index contributed by atoms with van der Waals surface area (Å²) in [5, 5.41) is 43.1. The van der Waals surface area contributed by atoms with Crippen LogP contribution in [-0.4, -0.2) is 67.0 Å². The Kier molecular flexibility index (Phi) is 16.8. The van der Waals surface area contributed by atoms with E-state index in [0.29, 0.717) is 0 Å². The normalized spacial score (nSPS) is 10.0. The van der Waals surface area contributed by atoms with Crippen molar-refractivity contribution < 1.29 is 62.7 Å². The molecule has 10 nitrogen and oxygen atoms in total. The molecule has 0 saturated heterocycles. The third-order valence-corrected chi connectivity index (χ3v) is 8.32. The van der Waals surface area contributed by atoms with Crippen molar-refractivity contribution in [2.75, 3.05) is 11.6 Å². The summed E-state index contributed by atoms with van der Waals surface area (Å²) in [5.74, 6) is -6.81. The van der Waals surface area contributed by atoms with Gasteiger partial charge in [-0.15, -0.1) is 23.4 Å². The smallest absolute Gasteiger partial charge is 0.336 e. The fourth-order valence-corrected chi connectivity index (χ4v) is 6.22. The molecule has 0 bridgehead atoms. The number of carbonyl (C=O) groups is 5. The van der Waals surface area contributed by atoms with E-state index < -0.39 is 47.3 Å². The number of hydrogen-bond donors (Lipinski definition) is 5. The zero-order chi connectivity index (χ0) is 33.4. The molecule has 0 atom stereocenters. The third kappa shape index (κ3) is 14.1. The Morgan fingerprint density at radius 3 is 1.20 bits per heavy atom. The second-order valence-corrected chi connectivity index (χ2v) is 11.6. The molecule has 0 aliphatic heterocycles. The molecule has 0 heterocycles. The van der Waals surface area contributed by atoms with E-state index in [4.69, 9.17) is 37.1 Å². The molecule has 0 aromatic heterocycles. The molecule has 0 saturated carbocycles. The molecule has 0 amide bonds. The van der Waals surface area contributed by atoms with Gasteiger partial charge in [0.1, 0.15) is 17.5 Å². The van der Waals surface area contributed by atoms with Crippen LogP contribution in [0, 0.1) is 17.5 Å². The number of thioether (sulfide) groups is 1. The lowest BCUT2D eigenvalue weighted by Gasteiger charge is -2.07. The second-order valence-electron chi connectivity index (χ2n) is 7.83. The molecule has 3 rings (SSSR count). The summed E-state index contributed by atoms with van der Waals surface area (Å²) < 4.78 is 39.4. The summed E-state index contributed by atoms with van der Waals surface area (Å²) in [6.07, 6.45) is -0.0399. The van der Waals surface area contributed by atoms with E-state index in [0.717, 1.165) is 81.9 Å². The molecular weight excluding hydrogens is 673 g/mol. The maximum atomic E-state index is 13.2. The molecule has 3 aromatic rings. The Labute approximate surface area is 264 Å². The Morgan fingerprint density at radius 2 is 0.909 bits per heavy atom. The highest BCUT2D eigenvalue weighted by Crippen LogP contribution is 2.41. The van der Waals surface area contributed by atoms with Gasteiger partial charge in [-0.2, -0.15) is 0 Å². The Bertz CT molecular complexity index is 1440. The van der Waals surface area contributed by atoms with E-state index in [1.807, 2.05) is 0 Å². The van der Waals surface area contributed by atoms with Crippen LogP contribution < -0.4 is 0 Å². The zero-order valence-corrected chi connectivity index (χ0v) is 25.2. The lowest BCUT2D eigenvalue weighted by molar-refractivity contribution is -0.137. The van der Waals surface area contributed by atoms with Gasteiger partial charge in [0.25, 0.3) is 0 Å². The average Bonchev–Trinajstić information content (AvgIpc) is 2.92. The summed E-state index contributed by atoms with van der Waals surface area (Å²) in [6.45, 7) is 0. The van der Waals surface area contributed by atoms with Gasteiger partial charge in [-0.05, 0) is 54.6 Å². The van der Waals surface area contributed by atoms with Gasteiger partial charge >= 0.3 is 29.8 Å². The highest BCUT2D eigenvalue weighted by molar-refractivity contribution is 8.76. The van der Waals surface area contributed by atoms with Gasteiger partial charge in [0.15, 0.2) is 0 Å². The van der Waals surface area contributed by atoms with Crippen LogP contribution in [0.2, 0.25) is 0 Å². The minimum Gasteiger partial charge on any atom is -0.481 e. The first kappa shape index (κ1) is 38.2. The van der Waals surface area contributed by atoms with Crippen molar-refractivity contribution in [3.63, 3.8) is 0 Å². The van der Waals surface area contributed by atoms with Crippen LogP contribution in [0.3, 0.4) is 0 Å². The van der Waals surface area contributed by atoms with Gasteiger partial charge in [-0.25, -0.2) is 27.6 Å². The summed E-state index contributed by atoms with van der Waals surface area (Å²) in [5.41, 5.74) is -0.254. The zero-order valence-electron chi connectivity index (χ0n) is 22.0. The molecule has 0 radical (unpaired) electrons. The first-order valence-electron chi connectivity index (χ1n) is 11.7. The molecule has 236 valence electrons. The lowest BCUT2D eigenvalue weighted by Crippen LogP contribution is -2.01. The average molecular weight is 695 g/mol. The fourth-order valence-electron chi connectivity index (χ4n) is 2.69. The van der Waals surface area contributed by atoms with Crippen molar-refractivity contribution >= 4 is 74.8 Å². The van der Waals surface area contributed by atoms with Gasteiger partial charge in [0.2, 0.25) is 0 Å². The van der Waals surface area contributed by atoms with Gasteiger partial charge < -0.3 is 25.5 Å². The molecule has 3 aromatic carbocycles. The number of hydrogen-bond acceptors (Lipinski definition) is 8. The molecular formula is C27H22ClF3O10S3. The van der Waals surface area contributed by atoms with Crippen molar-refractivity contribution in [3.8, 4) is 0 Å². The van der Waals surface area contributed by atoms with Crippen LogP contribution in [0.5, 0.6) is 0 Å². The standard InChI is InChI=1S/C14H8F2O4S2.C10H9FO4S.C3H5ClO2/c15-7-1-3-9(13(17)18)11(5-7)21-22-12-6-8(16)2-4-10(12)14(19)20;11-6-1-2-7(10(14)15)8(5-6)16-4-3-9(12)13;4-2-1-3(5)6/h1-6H,(H,17,18)(H,19,20);1-2,5H,3-4H2,(H,12,13)(H,14,15);1-2H2,(H,5,6). The van der Waals surface area contributed by atoms with Crippen molar-refractivity contribution in [1.29, 1.82) is 0 Å². The van der Waals surface area contributed by atoms with Crippen molar-refractivity contribution in [3.05, 3.63) is 88.7 Å². The van der Waals surface area contributed by atoms with Crippen LogP contribution >= 0.6 is 45.0 Å². The van der Waals surface area contributed by atoms with Crippen LogP contribution in [0.15, 0.2) is 69.3 Å². The molecule has 44 heavy (non-hydrogen) atoms. The first-order valence-corrected chi connectivity index (χ1v) is 15.4. The predicted molar refractivity (Wildman–Crippen MR) is 158 cm³/mol. The number of carboxylic acids is 5. The summed E-state index contributed by atoms with van der Waals surface area (Å²) >= 11 is 6.03. The molecule has 0 unspecified atom stereocenters. The summed E-state index contributed by atoms with van der Waals surface area (Å²) in [6, 6.07) is 9.64. The second kappa shape index (κ2) is 19.4. The maximum absolute atomic E-state index is 13.2. The Balaban J connectivity index is 0.000000385. The number of aromatic carboxylic acids is 3. The summed E-state index contributed by atoms with van der Waals surface area (Å²) in [7, 11) is 1.70. The van der Waals surface area contributed by atoms with Gasteiger partial charge in [-0.3, -0.25) is 9.59 Å². The maximum Gasteiger partial charge on any atom is 0.336 e. The van der Waals surface area contributed by atoms with Gasteiger partial charge in [-0.1, -0.05) is 21.6 Å². The minimum atomic E-state index is -1.24. The Morgan fingerprint density at radius 1 is 0.568 bits per heavy atom. The van der Waals surface area contributed by atoms with E-state index >= 15 is 0 Å². The molecule has 0 fully saturated rings. The van der Waals surface area contributed by atoms with Crippen LogP contribution in [0.25, 0.3) is 0 Å². The first-order chi connectivity index (χ1) is 20.7. The number of alkyl halides is 1. The molecule has 0 aliphatic carbocycles. The quantitative estimate of drug-likeness (QED) is 0.0745. The van der Waals surface area contributed by atoms with E-state index in [9.17, 15) is 37.1 Å². The molecule has 0 aliphatic rings. The highest BCUT2D eigenvalue weighted by Gasteiger charge is 2.16. The number of halogens is 4. The molecule has 0 spiro atoms. The fraction of sp³-hybridized carbons (Fsp3) is 0.148. The number of benzene rings is 3. The van der Waals surface area contributed by atoms with E-state index in [1.54, 1.807) is 0 Å². The summed E-state index contributed by atoms with van der Waals surface area (Å²) in [4.78, 5) is 53.2. The van der Waals surface area contributed by atoms with E-state index in [2.05, 4.69) is 0 Å². The Hall–Kier alpha value is -3.86. The van der Waals surface area contributed by atoms with Crippen molar-refractivity contribution in [1.82, 2.24) is 0 Å². The van der Waals surface area contributed by atoms with E-state index in [1.165, 1.54) is 6.07 Å². The van der Waals surface area contributed by atoms with Crippen LogP contribution in [0.4, 0.5) is 13.2 Å². The topological polar surface area (TPSA) is 186 Å². The highest BCUT2D eigenvalue weighted by atomic mass is 35.5. The third-order valence-electron chi connectivity index (χ3n) is 4.63. The number of carboxylic acid groups (broad SMARTS) is 5. The number of rotatable bonds is 12. The van der Waals surface area contributed by atoms with Crippen LogP contribution in [-0.2, 0) is 9.59 Å². The monoisotopic (exact) mass is 694 g/mol. The number of aliphatic carboxylic acids is 2. The minimum absolute atomic E-state index is 0.0169. The van der Waals surface area contributed by atoms with Crippen molar-refractivity contribution in [2.24, 2.45) is 0 Å².